The Balaban J connectivity index is 1.26. The number of anilines is 3. The first-order valence-electron chi connectivity index (χ1n) is 15.9. The van der Waals surface area contributed by atoms with E-state index in [0.717, 1.165) is 15.8 Å². The van der Waals surface area contributed by atoms with Gasteiger partial charge in [0.05, 0.1) is 5.69 Å². The van der Waals surface area contributed by atoms with Gasteiger partial charge in [-0.2, -0.15) is 0 Å². The Morgan fingerprint density at radius 1 is 0.435 bits per heavy atom. The van der Waals surface area contributed by atoms with Crippen LogP contribution >= 0.6 is 15.9 Å². The molecule has 0 saturated heterocycles. The van der Waals surface area contributed by atoms with Crippen LogP contribution in [-0.4, -0.2) is 0 Å². The zero-order chi connectivity index (χ0) is 31.4. The Labute approximate surface area is 279 Å². The van der Waals surface area contributed by atoms with E-state index in [1.165, 1.54) is 65.8 Å². The average molecular weight is 657 g/mol. The van der Waals surface area contributed by atoms with Crippen molar-refractivity contribution in [2.75, 3.05) is 4.90 Å². The number of halogens is 1. The summed E-state index contributed by atoms with van der Waals surface area (Å²) < 4.78 is 1.13. The second kappa shape index (κ2) is 11.2. The highest BCUT2D eigenvalue weighted by Gasteiger charge is 2.20. The van der Waals surface area contributed by atoms with E-state index in [4.69, 9.17) is 0 Å². The van der Waals surface area contributed by atoms with Gasteiger partial charge in [-0.25, -0.2) is 0 Å². The summed E-state index contributed by atoms with van der Waals surface area (Å²) in [6.07, 6.45) is 0. The Bertz CT molecular complexity index is 2310. The summed E-state index contributed by atoms with van der Waals surface area (Å²) in [6, 6.07) is 55.5. The fourth-order valence-electron chi connectivity index (χ4n) is 6.77. The molecule has 0 atom stereocenters. The number of hydrogen-bond donors (Lipinski definition) is 0. The van der Waals surface area contributed by atoms with Gasteiger partial charge in [0.25, 0.3) is 0 Å². The monoisotopic (exact) mass is 655 g/mol. The summed E-state index contributed by atoms with van der Waals surface area (Å²) in [6.45, 7) is 6.80. The normalized spacial score (nSPS) is 11.9. The van der Waals surface area contributed by atoms with E-state index in [2.05, 4.69) is 193 Å². The van der Waals surface area contributed by atoms with Crippen molar-refractivity contribution in [2.45, 2.75) is 26.2 Å². The molecular formula is C44H34BrN. The van der Waals surface area contributed by atoms with Crippen LogP contribution in [0.3, 0.4) is 0 Å². The molecule has 0 unspecified atom stereocenters. The molecule has 46 heavy (non-hydrogen) atoms. The van der Waals surface area contributed by atoms with Crippen molar-refractivity contribution < 1.29 is 0 Å². The van der Waals surface area contributed by atoms with Crippen molar-refractivity contribution in [1.29, 1.82) is 0 Å². The zero-order valence-electron chi connectivity index (χ0n) is 26.3. The van der Waals surface area contributed by atoms with E-state index < -0.39 is 0 Å². The lowest BCUT2D eigenvalue weighted by Gasteiger charge is -2.29. The van der Waals surface area contributed by atoms with Crippen LogP contribution in [0.25, 0.3) is 54.6 Å². The van der Waals surface area contributed by atoms with Gasteiger partial charge >= 0.3 is 0 Å². The van der Waals surface area contributed by atoms with E-state index in [1.807, 2.05) is 0 Å². The van der Waals surface area contributed by atoms with E-state index >= 15 is 0 Å². The summed E-state index contributed by atoms with van der Waals surface area (Å²) >= 11 is 3.82. The lowest BCUT2D eigenvalue weighted by molar-refractivity contribution is 0.590. The fourth-order valence-corrected chi connectivity index (χ4v) is 7.23. The predicted octanol–water partition coefficient (Wildman–Crippen LogP) is 13.4. The molecular weight excluding hydrogens is 622 g/mol. The molecule has 0 N–H and O–H groups in total. The first-order chi connectivity index (χ1) is 22.3. The second-order valence-corrected chi connectivity index (χ2v) is 14.0. The molecule has 0 aliphatic rings. The van der Waals surface area contributed by atoms with Crippen LogP contribution in [0.5, 0.6) is 0 Å². The molecule has 1 nitrogen and oxygen atoms in total. The number of benzene rings is 8. The molecule has 0 aliphatic heterocycles. The SMILES string of the molecule is CC(C)(C)c1ccc(N(c2ccc(-c3ccc(-c4ccccc4)cc3)cc2)c2ccc3ccc4c(Br)ccc5ccc2c3c54)cc1. The van der Waals surface area contributed by atoms with Gasteiger partial charge in [-0.1, -0.05) is 152 Å². The van der Waals surface area contributed by atoms with Crippen LogP contribution < -0.4 is 4.90 Å². The maximum Gasteiger partial charge on any atom is 0.0540 e. The molecule has 2 heteroatoms. The molecule has 0 amide bonds. The minimum absolute atomic E-state index is 0.0848. The van der Waals surface area contributed by atoms with Crippen molar-refractivity contribution in [2.24, 2.45) is 0 Å². The lowest BCUT2D eigenvalue weighted by Crippen LogP contribution is -2.13. The van der Waals surface area contributed by atoms with Crippen LogP contribution in [0.4, 0.5) is 17.1 Å². The molecule has 8 aromatic rings. The van der Waals surface area contributed by atoms with Gasteiger partial charge in [-0.15, -0.1) is 0 Å². The maximum atomic E-state index is 3.82. The standard InChI is InChI=1S/C44H34BrN/c1-44(2,3)35-19-23-37(24-20-35)46(36-21-13-32(14-22-36)31-11-9-30(10-12-31)29-7-5-4-6-8-29)41-28-18-34-15-25-38-40(45)27-17-33-16-26-39(41)43(34)42(33)38/h4-28H,1-3H3. The minimum atomic E-state index is 0.0848. The summed E-state index contributed by atoms with van der Waals surface area (Å²) in [4.78, 5) is 2.41. The summed E-state index contributed by atoms with van der Waals surface area (Å²) in [5, 5.41) is 7.62. The number of hydrogen-bond acceptors (Lipinski definition) is 1. The molecule has 222 valence electrons. The van der Waals surface area contributed by atoms with Crippen LogP contribution in [0.1, 0.15) is 26.3 Å². The largest absolute Gasteiger partial charge is 0.310 e. The summed E-state index contributed by atoms with van der Waals surface area (Å²) in [5.41, 5.74) is 9.73. The van der Waals surface area contributed by atoms with Crippen LogP contribution in [0, 0.1) is 0 Å². The van der Waals surface area contributed by atoms with Crippen LogP contribution in [0.15, 0.2) is 156 Å². The van der Waals surface area contributed by atoms with Gasteiger partial charge in [-0.3, -0.25) is 0 Å². The molecule has 8 rings (SSSR count). The topological polar surface area (TPSA) is 3.24 Å². The Morgan fingerprint density at radius 3 is 1.48 bits per heavy atom. The third kappa shape index (κ3) is 4.94. The summed E-state index contributed by atoms with van der Waals surface area (Å²) in [5.74, 6) is 0. The third-order valence-corrected chi connectivity index (χ3v) is 9.96. The second-order valence-electron chi connectivity index (χ2n) is 13.2. The van der Waals surface area contributed by atoms with Crippen LogP contribution in [-0.2, 0) is 5.41 Å². The molecule has 0 aliphatic carbocycles. The highest BCUT2D eigenvalue weighted by molar-refractivity contribution is 9.10. The van der Waals surface area contributed by atoms with Crippen molar-refractivity contribution >= 4 is 65.3 Å². The van der Waals surface area contributed by atoms with Crippen LogP contribution in [0.2, 0.25) is 0 Å². The molecule has 0 saturated carbocycles. The van der Waals surface area contributed by atoms with E-state index in [0.29, 0.717) is 0 Å². The van der Waals surface area contributed by atoms with E-state index in [1.54, 1.807) is 0 Å². The molecule has 0 radical (unpaired) electrons. The molecule has 0 bridgehead atoms. The highest BCUT2D eigenvalue weighted by Crippen LogP contribution is 2.45. The van der Waals surface area contributed by atoms with E-state index in [-0.39, 0.29) is 5.41 Å². The lowest BCUT2D eigenvalue weighted by atomic mass is 9.87. The molecule has 8 aromatic carbocycles. The van der Waals surface area contributed by atoms with Gasteiger partial charge in [0.1, 0.15) is 0 Å². The highest BCUT2D eigenvalue weighted by atomic mass is 79.9. The van der Waals surface area contributed by atoms with Gasteiger partial charge < -0.3 is 4.90 Å². The van der Waals surface area contributed by atoms with Crippen molar-refractivity contribution in [1.82, 2.24) is 0 Å². The Hall–Kier alpha value is -4.92. The summed E-state index contributed by atoms with van der Waals surface area (Å²) in [7, 11) is 0. The molecule has 0 spiro atoms. The molecule has 0 heterocycles. The first-order valence-corrected chi connectivity index (χ1v) is 16.7. The number of rotatable bonds is 5. The molecule has 0 fully saturated rings. The molecule has 0 aromatic heterocycles. The predicted molar refractivity (Wildman–Crippen MR) is 202 cm³/mol. The van der Waals surface area contributed by atoms with Crippen molar-refractivity contribution in [3.63, 3.8) is 0 Å². The van der Waals surface area contributed by atoms with Gasteiger partial charge in [0, 0.05) is 21.2 Å². The Morgan fingerprint density at radius 2 is 0.891 bits per heavy atom. The van der Waals surface area contributed by atoms with Gasteiger partial charge in [0.15, 0.2) is 0 Å². The fraction of sp³-hybridized carbons (Fsp3) is 0.0909. The van der Waals surface area contributed by atoms with Crippen molar-refractivity contribution in [3.8, 4) is 22.3 Å². The van der Waals surface area contributed by atoms with E-state index in [9.17, 15) is 0 Å². The number of nitrogens with zero attached hydrogens (tertiary/aromatic N) is 1. The Kier molecular flexibility index (Phi) is 6.92. The smallest absolute Gasteiger partial charge is 0.0540 e. The zero-order valence-corrected chi connectivity index (χ0v) is 27.8. The first kappa shape index (κ1) is 28.5. The van der Waals surface area contributed by atoms with Gasteiger partial charge in [-0.05, 0) is 96.6 Å². The average Bonchev–Trinajstić information content (AvgIpc) is 3.09. The third-order valence-electron chi connectivity index (χ3n) is 9.27. The van der Waals surface area contributed by atoms with Crippen molar-refractivity contribution in [3.05, 3.63) is 162 Å². The maximum absolute atomic E-state index is 3.82. The quantitative estimate of drug-likeness (QED) is 0.167. The minimum Gasteiger partial charge on any atom is -0.310 e. The van der Waals surface area contributed by atoms with Gasteiger partial charge in [0.2, 0.25) is 0 Å².